The van der Waals surface area contributed by atoms with E-state index >= 15 is 0 Å². The van der Waals surface area contributed by atoms with Crippen molar-refractivity contribution >= 4 is 17.5 Å². The van der Waals surface area contributed by atoms with Crippen LogP contribution in [0, 0.1) is 6.92 Å². The van der Waals surface area contributed by atoms with Gasteiger partial charge in [-0.2, -0.15) is 0 Å². The quantitative estimate of drug-likeness (QED) is 0.557. The van der Waals surface area contributed by atoms with Crippen LogP contribution in [0.2, 0.25) is 5.02 Å². The largest absolute Gasteiger partial charge is 0.359 e. The Balaban J connectivity index is 1.45. The third kappa shape index (κ3) is 3.65. The number of amides is 1. The molecule has 1 amide bonds. The molecule has 1 N–H and O–H groups in total. The number of carbonyl (C=O) groups is 1. The van der Waals surface area contributed by atoms with Gasteiger partial charge in [-0.3, -0.25) is 4.79 Å². The van der Waals surface area contributed by atoms with Crippen molar-refractivity contribution in [3.8, 4) is 16.9 Å². The van der Waals surface area contributed by atoms with E-state index in [0.717, 1.165) is 16.9 Å². The number of hydrogen-bond donors (Lipinski definition) is 1. The molecule has 0 unspecified atom stereocenters. The number of halogens is 1. The molecule has 2 aromatic heterocycles. The highest BCUT2D eigenvalue weighted by Gasteiger charge is 2.18. The van der Waals surface area contributed by atoms with Crippen molar-refractivity contribution in [1.82, 2.24) is 25.5 Å². The zero-order chi connectivity index (χ0) is 19.5. The number of aromatic nitrogens is 4. The first-order chi connectivity index (χ1) is 13.6. The molecule has 28 heavy (non-hydrogen) atoms. The van der Waals surface area contributed by atoms with Gasteiger partial charge in [0, 0.05) is 16.7 Å². The highest BCUT2D eigenvalue weighted by Crippen LogP contribution is 2.19. The van der Waals surface area contributed by atoms with E-state index in [0.29, 0.717) is 16.5 Å². The maximum absolute atomic E-state index is 12.5. The molecule has 0 atom stereocenters. The Morgan fingerprint density at radius 3 is 2.64 bits per heavy atom. The lowest BCUT2D eigenvalue weighted by atomic mass is 10.1. The Labute approximate surface area is 165 Å². The van der Waals surface area contributed by atoms with E-state index in [4.69, 9.17) is 16.1 Å². The van der Waals surface area contributed by atoms with Crippen LogP contribution in [0.15, 0.2) is 65.2 Å². The molecule has 0 spiro atoms. The number of nitrogens with one attached hydrogen (secondary N) is 1. The van der Waals surface area contributed by atoms with Crippen molar-refractivity contribution in [2.24, 2.45) is 0 Å². The van der Waals surface area contributed by atoms with Crippen LogP contribution in [-0.2, 0) is 6.54 Å². The van der Waals surface area contributed by atoms with Crippen LogP contribution >= 0.6 is 11.6 Å². The highest BCUT2D eigenvalue weighted by atomic mass is 35.5. The van der Waals surface area contributed by atoms with E-state index in [1.807, 2.05) is 42.5 Å². The van der Waals surface area contributed by atoms with Gasteiger partial charge in [-0.15, -0.1) is 5.10 Å². The maximum Gasteiger partial charge on any atom is 0.274 e. The maximum atomic E-state index is 12.5. The topological polar surface area (TPSA) is 85.8 Å². The molecule has 4 rings (SSSR count). The molecule has 8 heteroatoms. The molecule has 0 aliphatic heterocycles. The summed E-state index contributed by atoms with van der Waals surface area (Å²) in [5, 5.41) is 15.5. The summed E-state index contributed by atoms with van der Waals surface area (Å²) >= 11 is 5.91. The molecule has 0 bridgehead atoms. The van der Waals surface area contributed by atoms with Gasteiger partial charge in [-0.25, -0.2) is 4.68 Å². The zero-order valence-corrected chi connectivity index (χ0v) is 15.7. The number of carbonyl (C=O) groups excluding carboxylic acids is 1. The smallest absolute Gasteiger partial charge is 0.274 e. The monoisotopic (exact) mass is 393 g/mol. The molecular weight excluding hydrogens is 378 g/mol. The minimum absolute atomic E-state index is 0.200. The normalized spacial score (nSPS) is 10.8. The van der Waals surface area contributed by atoms with Gasteiger partial charge in [0.05, 0.1) is 17.9 Å². The van der Waals surface area contributed by atoms with Crippen molar-refractivity contribution in [1.29, 1.82) is 0 Å². The summed E-state index contributed by atoms with van der Waals surface area (Å²) in [6.45, 7) is 1.98. The molecule has 0 saturated carbocycles. The lowest BCUT2D eigenvalue weighted by molar-refractivity contribution is 0.0941. The fraction of sp³-hybridized carbons (Fsp3) is 0.100. The zero-order valence-electron chi connectivity index (χ0n) is 15.0. The lowest BCUT2D eigenvalue weighted by Crippen LogP contribution is -2.23. The first-order valence-corrected chi connectivity index (χ1v) is 8.97. The van der Waals surface area contributed by atoms with Gasteiger partial charge < -0.3 is 9.84 Å². The number of hydrogen-bond acceptors (Lipinski definition) is 5. The Morgan fingerprint density at radius 2 is 1.89 bits per heavy atom. The Hall–Kier alpha value is -3.45. The predicted octanol–water partition coefficient (Wildman–Crippen LogP) is 3.81. The van der Waals surface area contributed by atoms with Crippen LogP contribution in [0.4, 0.5) is 0 Å². The van der Waals surface area contributed by atoms with E-state index in [9.17, 15) is 4.79 Å². The van der Waals surface area contributed by atoms with Crippen molar-refractivity contribution in [2.75, 3.05) is 0 Å². The molecule has 4 aromatic rings. The van der Waals surface area contributed by atoms with E-state index in [1.165, 1.54) is 0 Å². The van der Waals surface area contributed by atoms with Gasteiger partial charge in [0.1, 0.15) is 5.69 Å². The molecule has 0 aliphatic rings. The summed E-state index contributed by atoms with van der Waals surface area (Å²) in [7, 11) is 0. The Kier molecular flexibility index (Phi) is 4.90. The number of nitrogens with zero attached hydrogens (tertiary/aromatic N) is 4. The fourth-order valence-corrected chi connectivity index (χ4v) is 2.88. The lowest BCUT2D eigenvalue weighted by Gasteiger charge is -2.04. The summed E-state index contributed by atoms with van der Waals surface area (Å²) in [4.78, 5) is 12.5. The van der Waals surface area contributed by atoms with E-state index in [-0.39, 0.29) is 18.1 Å². The van der Waals surface area contributed by atoms with E-state index < -0.39 is 0 Å². The summed E-state index contributed by atoms with van der Waals surface area (Å²) in [6, 6.07) is 18.6. The number of benzene rings is 2. The Bertz CT molecular complexity index is 1100. The van der Waals surface area contributed by atoms with Gasteiger partial charge in [0.2, 0.25) is 0 Å². The van der Waals surface area contributed by atoms with Crippen LogP contribution in [0.5, 0.6) is 0 Å². The third-order valence-electron chi connectivity index (χ3n) is 4.23. The molecule has 0 fully saturated rings. The molecule has 2 aromatic carbocycles. The minimum Gasteiger partial charge on any atom is -0.359 e. The summed E-state index contributed by atoms with van der Waals surface area (Å²) in [5.41, 5.74) is 3.32. The standard InChI is InChI=1S/C20H16ClN5O2/c1-13-19(23-25-26(13)16-9-7-15(21)8-10-16)20(27)22-12-17-11-18(24-28-17)14-5-3-2-4-6-14/h2-11H,12H2,1H3,(H,22,27). The minimum atomic E-state index is -0.338. The van der Waals surface area contributed by atoms with Crippen LogP contribution in [-0.4, -0.2) is 26.1 Å². The van der Waals surface area contributed by atoms with E-state index in [1.54, 1.807) is 29.8 Å². The molecular formula is C20H16ClN5O2. The van der Waals surface area contributed by atoms with Crippen molar-refractivity contribution in [3.05, 3.63) is 82.8 Å². The average molecular weight is 394 g/mol. The SMILES string of the molecule is Cc1c(C(=O)NCc2cc(-c3ccccc3)no2)nnn1-c1ccc(Cl)cc1. The second-order valence-electron chi connectivity index (χ2n) is 6.14. The third-order valence-corrected chi connectivity index (χ3v) is 4.48. The van der Waals surface area contributed by atoms with Crippen molar-refractivity contribution in [3.63, 3.8) is 0 Å². The average Bonchev–Trinajstić information content (AvgIpc) is 3.34. The first kappa shape index (κ1) is 17.9. The summed E-state index contributed by atoms with van der Waals surface area (Å²) < 4.78 is 6.89. The van der Waals surface area contributed by atoms with Crippen molar-refractivity contribution < 1.29 is 9.32 Å². The number of rotatable bonds is 5. The second-order valence-corrected chi connectivity index (χ2v) is 6.58. The summed E-state index contributed by atoms with van der Waals surface area (Å²) in [5.74, 6) is 0.213. The van der Waals surface area contributed by atoms with Gasteiger partial charge >= 0.3 is 0 Å². The predicted molar refractivity (Wildman–Crippen MR) is 104 cm³/mol. The summed E-state index contributed by atoms with van der Waals surface area (Å²) in [6.07, 6.45) is 0. The molecule has 140 valence electrons. The first-order valence-electron chi connectivity index (χ1n) is 8.59. The molecule has 0 aliphatic carbocycles. The van der Waals surface area contributed by atoms with Gasteiger partial charge in [-0.1, -0.05) is 52.3 Å². The highest BCUT2D eigenvalue weighted by molar-refractivity contribution is 6.30. The molecule has 7 nitrogen and oxygen atoms in total. The Morgan fingerprint density at radius 1 is 1.14 bits per heavy atom. The van der Waals surface area contributed by atoms with E-state index in [2.05, 4.69) is 20.8 Å². The second kappa shape index (κ2) is 7.66. The van der Waals surface area contributed by atoms with Crippen LogP contribution in [0.1, 0.15) is 21.9 Å². The molecule has 2 heterocycles. The van der Waals surface area contributed by atoms with Crippen molar-refractivity contribution in [2.45, 2.75) is 13.5 Å². The van der Waals surface area contributed by atoms with Crippen LogP contribution < -0.4 is 5.32 Å². The van der Waals surface area contributed by atoms with Crippen LogP contribution in [0.25, 0.3) is 16.9 Å². The van der Waals surface area contributed by atoms with Gasteiger partial charge in [0.25, 0.3) is 5.91 Å². The fourth-order valence-electron chi connectivity index (χ4n) is 2.76. The molecule has 0 saturated heterocycles. The molecule has 0 radical (unpaired) electrons. The van der Waals surface area contributed by atoms with Crippen LogP contribution in [0.3, 0.4) is 0 Å². The van der Waals surface area contributed by atoms with Gasteiger partial charge in [0.15, 0.2) is 11.5 Å². The van der Waals surface area contributed by atoms with Gasteiger partial charge in [-0.05, 0) is 31.2 Å².